The van der Waals surface area contributed by atoms with Crippen LogP contribution >= 0.6 is 11.6 Å². The van der Waals surface area contributed by atoms with Crippen LogP contribution in [0.25, 0.3) is 10.8 Å². The summed E-state index contributed by atoms with van der Waals surface area (Å²) in [5.41, 5.74) is -0.186. The summed E-state index contributed by atoms with van der Waals surface area (Å²) in [5, 5.41) is 5.30. The number of halogens is 1. The van der Waals surface area contributed by atoms with E-state index in [0.717, 1.165) is 0 Å². The predicted octanol–water partition coefficient (Wildman–Crippen LogP) is 1.65. The Bertz CT molecular complexity index is 624. The summed E-state index contributed by atoms with van der Waals surface area (Å²) in [4.78, 5) is 12.1. The van der Waals surface area contributed by atoms with Crippen molar-refractivity contribution in [2.75, 3.05) is 20.1 Å². The first-order valence-corrected chi connectivity index (χ1v) is 5.92. The van der Waals surface area contributed by atoms with E-state index in [1.165, 1.54) is 11.8 Å². The van der Waals surface area contributed by atoms with E-state index in [4.69, 9.17) is 21.1 Å². The highest BCUT2D eigenvalue weighted by molar-refractivity contribution is 6.17. The number of rotatable bonds is 4. The van der Waals surface area contributed by atoms with Crippen LogP contribution in [0.3, 0.4) is 0 Å². The van der Waals surface area contributed by atoms with E-state index in [2.05, 4.69) is 5.10 Å². The molecule has 0 aliphatic carbocycles. The van der Waals surface area contributed by atoms with Crippen molar-refractivity contribution in [2.45, 2.75) is 6.54 Å². The van der Waals surface area contributed by atoms with Gasteiger partial charge in [0.25, 0.3) is 5.56 Å². The first-order chi connectivity index (χ1) is 8.71. The highest BCUT2D eigenvalue weighted by Crippen LogP contribution is 2.30. The number of benzene rings is 1. The molecule has 0 N–H and O–H groups in total. The van der Waals surface area contributed by atoms with Gasteiger partial charge in [-0.05, 0) is 12.1 Å². The zero-order chi connectivity index (χ0) is 13.1. The van der Waals surface area contributed by atoms with Crippen LogP contribution in [0, 0.1) is 0 Å². The van der Waals surface area contributed by atoms with E-state index in [0.29, 0.717) is 34.7 Å². The molecular formula is C12H13ClN2O3. The van der Waals surface area contributed by atoms with Gasteiger partial charge in [-0.25, -0.2) is 4.68 Å². The van der Waals surface area contributed by atoms with Gasteiger partial charge in [0.2, 0.25) is 0 Å². The second-order valence-electron chi connectivity index (χ2n) is 3.66. The van der Waals surface area contributed by atoms with E-state index in [1.54, 1.807) is 25.4 Å². The molecule has 18 heavy (non-hydrogen) atoms. The van der Waals surface area contributed by atoms with E-state index in [1.807, 2.05) is 0 Å². The fourth-order valence-electron chi connectivity index (χ4n) is 1.75. The third kappa shape index (κ3) is 2.13. The number of aromatic nitrogens is 2. The van der Waals surface area contributed by atoms with Crippen molar-refractivity contribution in [2.24, 2.45) is 0 Å². The van der Waals surface area contributed by atoms with E-state index < -0.39 is 0 Å². The van der Waals surface area contributed by atoms with Gasteiger partial charge in [-0.3, -0.25) is 4.79 Å². The van der Waals surface area contributed by atoms with E-state index in [-0.39, 0.29) is 5.56 Å². The fraction of sp³-hybridized carbons (Fsp3) is 0.333. The van der Waals surface area contributed by atoms with Gasteiger partial charge in [-0.1, -0.05) is 0 Å². The molecule has 0 amide bonds. The molecule has 5 nitrogen and oxygen atoms in total. The molecule has 0 atom stereocenters. The van der Waals surface area contributed by atoms with Crippen molar-refractivity contribution in [1.82, 2.24) is 9.78 Å². The minimum absolute atomic E-state index is 0.186. The molecule has 96 valence electrons. The number of ether oxygens (including phenoxy) is 2. The lowest BCUT2D eigenvalue weighted by molar-refractivity contribution is 0.355. The maximum absolute atomic E-state index is 12.1. The molecule has 0 saturated heterocycles. The van der Waals surface area contributed by atoms with Gasteiger partial charge in [0.15, 0.2) is 11.5 Å². The Hall–Kier alpha value is -1.75. The molecule has 0 saturated carbocycles. The summed E-state index contributed by atoms with van der Waals surface area (Å²) in [6, 6.07) is 3.39. The van der Waals surface area contributed by atoms with Gasteiger partial charge in [0.05, 0.1) is 32.3 Å². The smallest absolute Gasteiger partial charge is 0.274 e. The van der Waals surface area contributed by atoms with Crippen LogP contribution in [0.5, 0.6) is 11.5 Å². The predicted molar refractivity (Wildman–Crippen MR) is 69.8 cm³/mol. The van der Waals surface area contributed by atoms with Crippen molar-refractivity contribution >= 4 is 22.4 Å². The van der Waals surface area contributed by atoms with Crippen LogP contribution in [0.2, 0.25) is 0 Å². The minimum atomic E-state index is -0.186. The summed E-state index contributed by atoms with van der Waals surface area (Å²) in [5.74, 6) is 1.43. The number of nitrogens with zero attached hydrogens (tertiary/aromatic N) is 2. The van der Waals surface area contributed by atoms with Crippen LogP contribution < -0.4 is 15.0 Å². The molecule has 0 aliphatic heterocycles. The number of hydrogen-bond donors (Lipinski definition) is 0. The molecule has 2 rings (SSSR count). The Balaban J connectivity index is 2.70. The van der Waals surface area contributed by atoms with Crippen LogP contribution in [0.1, 0.15) is 0 Å². The van der Waals surface area contributed by atoms with Crippen molar-refractivity contribution in [3.8, 4) is 11.5 Å². The zero-order valence-electron chi connectivity index (χ0n) is 10.1. The number of hydrogen-bond acceptors (Lipinski definition) is 4. The second-order valence-corrected chi connectivity index (χ2v) is 4.03. The van der Waals surface area contributed by atoms with Crippen LogP contribution in [-0.2, 0) is 6.54 Å². The van der Waals surface area contributed by atoms with Crippen LogP contribution in [0.4, 0.5) is 0 Å². The number of aryl methyl sites for hydroxylation is 1. The van der Waals surface area contributed by atoms with Crippen molar-refractivity contribution in [3.63, 3.8) is 0 Å². The van der Waals surface area contributed by atoms with E-state index in [9.17, 15) is 4.79 Å². The van der Waals surface area contributed by atoms with Gasteiger partial charge in [-0.15, -0.1) is 11.6 Å². The van der Waals surface area contributed by atoms with Gasteiger partial charge in [-0.2, -0.15) is 5.10 Å². The van der Waals surface area contributed by atoms with Crippen LogP contribution in [-0.4, -0.2) is 29.9 Å². The standard InChI is InChI=1S/C12H13ClN2O3/c1-17-10-5-8-7-14-15(4-3-13)12(16)9(8)6-11(10)18-2/h5-7H,3-4H2,1-2H3. The quantitative estimate of drug-likeness (QED) is 0.792. The molecule has 0 bridgehead atoms. The van der Waals surface area contributed by atoms with Crippen LogP contribution in [0.15, 0.2) is 23.1 Å². The molecule has 2 aromatic rings. The largest absolute Gasteiger partial charge is 0.493 e. The molecule has 0 unspecified atom stereocenters. The Morgan fingerprint density at radius 1 is 1.28 bits per heavy atom. The normalized spacial score (nSPS) is 10.6. The first kappa shape index (κ1) is 12.7. The molecule has 1 aromatic heterocycles. The summed E-state index contributed by atoms with van der Waals surface area (Å²) in [6.45, 7) is 0.380. The average molecular weight is 269 g/mol. The Morgan fingerprint density at radius 3 is 2.56 bits per heavy atom. The molecule has 0 spiro atoms. The van der Waals surface area contributed by atoms with Crippen molar-refractivity contribution < 1.29 is 9.47 Å². The van der Waals surface area contributed by atoms with Gasteiger partial charge < -0.3 is 9.47 Å². The number of alkyl halides is 1. The Labute approximate surface area is 109 Å². The topological polar surface area (TPSA) is 53.4 Å². The second kappa shape index (κ2) is 5.27. The molecule has 1 aromatic carbocycles. The Kier molecular flexibility index (Phi) is 3.72. The first-order valence-electron chi connectivity index (χ1n) is 5.39. The third-order valence-corrected chi connectivity index (χ3v) is 2.82. The lowest BCUT2D eigenvalue weighted by Gasteiger charge is -2.09. The maximum atomic E-state index is 12.1. The summed E-state index contributed by atoms with van der Waals surface area (Å²) in [7, 11) is 3.08. The highest BCUT2D eigenvalue weighted by Gasteiger charge is 2.10. The SMILES string of the molecule is COc1cc2cnn(CCCl)c(=O)c2cc1OC. The van der Waals surface area contributed by atoms with E-state index >= 15 is 0 Å². The third-order valence-electron chi connectivity index (χ3n) is 2.65. The van der Waals surface area contributed by atoms with Gasteiger partial charge >= 0.3 is 0 Å². The number of methoxy groups -OCH3 is 2. The van der Waals surface area contributed by atoms with Gasteiger partial charge in [0, 0.05) is 11.3 Å². The molecule has 0 aliphatic rings. The molecule has 1 heterocycles. The monoisotopic (exact) mass is 268 g/mol. The lowest BCUT2D eigenvalue weighted by atomic mass is 10.2. The summed E-state index contributed by atoms with van der Waals surface area (Å²) in [6.07, 6.45) is 1.62. The molecular weight excluding hydrogens is 256 g/mol. The minimum Gasteiger partial charge on any atom is -0.493 e. The summed E-state index contributed by atoms with van der Waals surface area (Å²) >= 11 is 5.62. The Morgan fingerprint density at radius 2 is 1.94 bits per heavy atom. The molecule has 0 radical (unpaired) electrons. The zero-order valence-corrected chi connectivity index (χ0v) is 10.9. The van der Waals surface area contributed by atoms with Crippen molar-refractivity contribution in [3.05, 3.63) is 28.7 Å². The summed E-state index contributed by atoms with van der Waals surface area (Å²) < 4.78 is 11.7. The van der Waals surface area contributed by atoms with Gasteiger partial charge in [0.1, 0.15) is 0 Å². The average Bonchev–Trinajstić information content (AvgIpc) is 2.41. The molecule has 6 heteroatoms. The van der Waals surface area contributed by atoms with Crippen molar-refractivity contribution in [1.29, 1.82) is 0 Å². The number of fused-ring (bicyclic) bond motifs is 1. The fourth-order valence-corrected chi connectivity index (χ4v) is 1.91. The molecule has 0 fully saturated rings. The highest BCUT2D eigenvalue weighted by atomic mass is 35.5. The lowest BCUT2D eigenvalue weighted by Crippen LogP contribution is -2.23. The maximum Gasteiger partial charge on any atom is 0.274 e.